The molecule has 5 heteroatoms. The number of rotatable bonds is 1. The van der Waals surface area contributed by atoms with E-state index < -0.39 is 0 Å². The Hall–Kier alpha value is -4.74. The molecule has 8 rings (SSSR count). The van der Waals surface area contributed by atoms with Crippen LogP contribution in [0.3, 0.4) is 0 Å². The number of hydrogen-bond donors (Lipinski definition) is 0. The maximum atomic E-state index is 5.05. The third-order valence-corrected chi connectivity index (χ3v) is 7.98. The largest absolute Gasteiger partial charge is 0.249 e. The molecule has 0 amide bonds. The van der Waals surface area contributed by atoms with Gasteiger partial charge in [-0.1, -0.05) is 42.5 Å². The van der Waals surface area contributed by atoms with E-state index in [0.717, 1.165) is 61.2 Å². The van der Waals surface area contributed by atoms with Crippen molar-refractivity contribution in [2.24, 2.45) is 20.0 Å². The average molecular weight is 563 g/mol. The van der Waals surface area contributed by atoms with Gasteiger partial charge >= 0.3 is 0 Å². The molecule has 3 aromatic carbocycles. The Labute approximate surface area is 233 Å². The van der Waals surface area contributed by atoms with E-state index in [0.29, 0.717) is 0 Å². The van der Waals surface area contributed by atoms with Crippen LogP contribution in [0.1, 0.15) is 5.56 Å². The van der Waals surface area contributed by atoms with Crippen molar-refractivity contribution in [1.82, 2.24) is 0 Å². The lowest BCUT2D eigenvalue weighted by Crippen LogP contribution is -1.98. The zero-order valence-electron chi connectivity index (χ0n) is 20.6. The zero-order chi connectivity index (χ0) is 25.9. The van der Waals surface area contributed by atoms with Crippen molar-refractivity contribution >= 4 is 65.9 Å². The van der Waals surface area contributed by atoms with Crippen LogP contribution in [0, 0.1) is 0 Å². The minimum absolute atomic E-state index is 0.856. The first-order chi connectivity index (χ1) is 19.2. The number of nitrogens with zero attached hydrogens (tertiary/aromatic N) is 4. The monoisotopic (exact) mass is 562 g/mol. The van der Waals surface area contributed by atoms with Crippen LogP contribution in [0.2, 0.25) is 0 Å². The number of benzene rings is 3. The van der Waals surface area contributed by atoms with E-state index in [1.165, 1.54) is 21.5 Å². The van der Waals surface area contributed by atoms with Crippen molar-refractivity contribution in [3.05, 3.63) is 148 Å². The molecule has 0 saturated heterocycles. The van der Waals surface area contributed by atoms with E-state index in [2.05, 4.69) is 76.6 Å². The second-order valence-corrected chi connectivity index (χ2v) is 10.6. The maximum Gasteiger partial charge on any atom is 0.0737 e. The smallest absolute Gasteiger partial charge is 0.0737 e. The molecule has 0 radical (unpaired) electrons. The summed E-state index contributed by atoms with van der Waals surface area (Å²) in [7, 11) is 0. The Morgan fingerprint density at radius 3 is 1.85 bits per heavy atom. The van der Waals surface area contributed by atoms with Gasteiger partial charge in [-0.05, 0) is 111 Å². The molecule has 5 heterocycles. The molecule has 0 saturated carbocycles. The number of halogens is 1. The summed E-state index contributed by atoms with van der Waals surface area (Å²) in [4.78, 5) is 19.4. The molecular formula is C34H19BrN4. The predicted octanol–water partition coefficient (Wildman–Crippen LogP) is 8.18. The second kappa shape index (κ2) is 8.65. The van der Waals surface area contributed by atoms with Crippen LogP contribution in [0.4, 0.5) is 0 Å². The molecule has 0 aromatic heterocycles. The van der Waals surface area contributed by atoms with Gasteiger partial charge in [0.15, 0.2) is 0 Å². The quantitative estimate of drug-likeness (QED) is 0.268. The van der Waals surface area contributed by atoms with E-state index in [1.807, 2.05) is 54.7 Å². The number of fused-ring (bicyclic) bond motifs is 6. The summed E-state index contributed by atoms with van der Waals surface area (Å²) in [6.07, 6.45) is 22.3. The van der Waals surface area contributed by atoms with E-state index in [9.17, 15) is 0 Å². The van der Waals surface area contributed by atoms with Gasteiger partial charge in [-0.3, -0.25) is 0 Å². The van der Waals surface area contributed by atoms with Gasteiger partial charge in [0, 0.05) is 15.4 Å². The number of allylic oxidation sites excluding steroid dienone is 12. The predicted molar refractivity (Wildman–Crippen MR) is 167 cm³/mol. The van der Waals surface area contributed by atoms with Gasteiger partial charge in [0.05, 0.1) is 45.6 Å². The highest BCUT2D eigenvalue weighted by atomic mass is 79.9. The van der Waals surface area contributed by atoms with Crippen LogP contribution in [-0.4, -0.2) is 22.8 Å². The van der Waals surface area contributed by atoms with Crippen molar-refractivity contribution in [2.75, 3.05) is 0 Å². The van der Waals surface area contributed by atoms with Gasteiger partial charge in [0.2, 0.25) is 0 Å². The standard InChI is InChI=1S/C34H19BrN4/c35-34-29-6-2-1-4-20(29)14-21-5-3-7-30(33(21)34)31-18-28-17-26-11-10-24(37-26)15-22-8-9-23(36-22)16-25-12-13-27(38-25)19-32(31)39-28/h1-19H. The molecule has 5 aliphatic rings. The lowest BCUT2D eigenvalue weighted by molar-refractivity contribution is 1.41. The highest BCUT2D eigenvalue weighted by molar-refractivity contribution is 9.10. The van der Waals surface area contributed by atoms with Gasteiger partial charge in [-0.15, -0.1) is 0 Å². The molecule has 39 heavy (non-hydrogen) atoms. The van der Waals surface area contributed by atoms with Gasteiger partial charge in [-0.2, -0.15) is 0 Å². The summed E-state index contributed by atoms with van der Waals surface area (Å²) in [5, 5.41) is 4.74. The summed E-state index contributed by atoms with van der Waals surface area (Å²) in [5.41, 5.74) is 9.11. The van der Waals surface area contributed by atoms with Crippen LogP contribution in [0.5, 0.6) is 0 Å². The minimum Gasteiger partial charge on any atom is -0.249 e. The first-order valence-electron chi connectivity index (χ1n) is 12.7. The summed E-state index contributed by atoms with van der Waals surface area (Å²) in [6, 6.07) is 17.2. The first kappa shape index (κ1) is 22.3. The Kier molecular flexibility index (Phi) is 4.94. The average Bonchev–Trinajstić information content (AvgIpc) is 3.74. The van der Waals surface area contributed by atoms with Gasteiger partial charge in [0.25, 0.3) is 0 Å². The molecule has 0 spiro atoms. The van der Waals surface area contributed by atoms with Crippen LogP contribution in [0.25, 0.3) is 27.1 Å². The number of aliphatic imine (C=N–C) groups is 4. The lowest BCUT2D eigenvalue weighted by atomic mass is 9.93. The third-order valence-electron chi connectivity index (χ3n) is 7.15. The highest BCUT2D eigenvalue weighted by Crippen LogP contribution is 2.39. The lowest BCUT2D eigenvalue weighted by Gasteiger charge is -2.13. The molecule has 0 fully saturated rings. The Morgan fingerprint density at radius 1 is 0.513 bits per heavy atom. The van der Waals surface area contributed by atoms with E-state index in [4.69, 9.17) is 20.0 Å². The van der Waals surface area contributed by atoms with Crippen LogP contribution < -0.4 is 0 Å². The fourth-order valence-corrected chi connectivity index (χ4v) is 6.20. The van der Waals surface area contributed by atoms with Crippen molar-refractivity contribution in [2.45, 2.75) is 0 Å². The topological polar surface area (TPSA) is 49.4 Å². The maximum absolute atomic E-state index is 5.05. The van der Waals surface area contributed by atoms with Gasteiger partial charge in [0.1, 0.15) is 0 Å². The summed E-state index contributed by atoms with van der Waals surface area (Å²) in [6.45, 7) is 0. The van der Waals surface area contributed by atoms with Crippen LogP contribution in [0.15, 0.2) is 163 Å². The van der Waals surface area contributed by atoms with Gasteiger partial charge in [-0.25, -0.2) is 20.0 Å². The molecule has 8 bridgehead atoms. The number of hydrogen-bond acceptors (Lipinski definition) is 4. The summed E-state index contributed by atoms with van der Waals surface area (Å²) >= 11 is 3.95. The summed E-state index contributed by atoms with van der Waals surface area (Å²) < 4.78 is 1.09. The molecule has 3 aromatic rings. The fourth-order valence-electron chi connectivity index (χ4n) is 5.40. The van der Waals surface area contributed by atoms with Gasteiger partial charge < -0.3 is 0 Å². The molecule has 5 aliphatic heterocycles. The molecule has 4 nitrogen and oxygen atoms in total. The minimum atomic E-state index is 0.856. The molecule has 0 unspecified atom stereocenters. The van der Waals surface area contributed by atoms with E-state index in [-0.39, 0.29) is 0 Å². The van der Waals surface area contributed by atoms with Crippen molar-refractivity contribution in [3.8, 4) is 0 Å². The highest BCUT2D eigenvalue weighted by Gasteiger charge is 2.21. The van der Waals surface area contributed by atoms with Crippen LogP contribution >= 0.6 is 15.9 Å². The zero-order valence-corrected chi connectivity index (χ0v) is 22.2. The van der Waals surface area contributed by atoms with E-state index >= 15 is 0 Å². The molecule has 182 valence electrons. The van der Waals surface area contributed by atoms with Crippen molar-refractivity contribution in [3.63, 3.8) is 0 Å². The van der Waals surface area contributed by atoms with E-state index in [1.54, 1.807) is 0 Å². The Morgan fingerprint density at radius 2 is 1.13 bits per heavy atom. The summed E-state index contributed by atoms with van der Waals surface area (Å²) in [5.74, 6) is 0. The SMILES string of the molecule is Brc1c2ccccc2cc2cccc(C3=CC4=CC5=NC(=CC6=NC(=CC7=NC(=CC3=N4)C=C7)C=C6)C=C5)c12. The van der Waals surface area contributed by atoms with Crippen molar-refractivity contribution < 1.29 is 0 Å². The molecular weight excluding hydrogens is 544 g/mol. The molecule has 0 aliphatic carbocycles. The van der Waals surface area contributed by atoms with Crippen LogP contribution in [-0.2, 0) is 0 Å². The fraction of sp³-hybridized carbons (Fsp3) is 0. The third kappa shape index (κ3) is 3.90. The normalized spacial score (nSPS) is 18.9. The Bertz CT molecular complexity index is 2050. The Balaban J connectivity index is 1.34. The first-order valence-corrected chi connectivity index (χ1v) is 13.5. The molecule has 0 atom stereocenters. The second-order valence-electron chi connectivity index (χ2n) is 9.76. The van der Waals surface area contributed by atoms with Crippen molar-refractivity contribution in [1.29, 1.82) is 0 Å². The molecule has 0 N–H and O–H groups in total.